The van der Waals surface area contributed by atoms with Gasteiger partial charge in [0, 0.05) is 18.1 Å². The molecule has 0 saturated heterocycles. The number of fused-ring (bicyclic) bond motifs is 1. The van der Waals surface area contributed by atoms with Gasteiger partial charge in [-0.05, 0) is 48.6 Å². The van der Waals surface area contributed by atoms with Crippen molar-refractivity contribution in [3.8, 4) is 0 Å². The van der Waals surface area contributed by atoms with Crippen LogP contribution in [0.15, 0.2) is 24.3 Å². The molecule has 2 heteroatoms. The van der Waals surface area contributed by atoms with Crippen LogP contribution in [0.3, 0.4) is 0 Å². The summed E-state index contributed by atoms with van der Waals surface area (Å²) < 4.78 is 0. The molecule has 1 fully saturated rings. The fraction of sp³-hybridized carbons (Fsp3) is 0.647. The highest BCUT2D eigenvalue weighted by atomic mass is 15.0. The van der Waals surface area contributed by atoms with Crippen molar-refractivity contribution in [1.29, 1.82) is 0 Å². The predicted molar refractivity (Wildman–Crippen MR) is 79.8 cm³/mol. The van der Waals surface area contributed by atoms with Crippen molar-refractivity contribution in [2.24, 2.45) is 17.6 Å². The Morgan fingerprint density at radius 3 is 2.53 bits per heavy atom. The van der Waals surface area contributed by atoms with E-state index in [4.69, 9.17) is 5.73 Å². The van der Waals surface area contributed by atoms with Gasteiger partial charge in [-0.25, -0.2) is 0 Å². The Hall–Kier alpha value is -0.860. The molecule has 5 unspecified atom stereocenters. The number of benzene rings is 1. The second-order valence-electron chi connectivity index (χ2n) is 6.69. The Kier molecular flexibility index (Phi) is 3.64. The summed E-state index contributed by atoms with van der Waals surface area (Å²) in [5, 5.41) is 3.89. The molecule has 0 spiro atoms. The molecule has 104 valence electrons. The molecule has 2 aliphatic rings. The fourth-order valence-corrected chi connectivity index (χ4v) is 4.00. The lowest BCUT2D eigenvalue weighted by Gasteiger charge is -2.35. The molecular weight excluding hydrogens is 232 g/mol. The van der Waals surface area contributed by atoms with Gasteiger partial charge in [-0.3, -0.25) is 0 Å². The minimum absolute atomic E-state index is 0.214. The first-order valence-corrected chi connectivity index (χ1v) is 7.75. The molecule has 5 atom stereocenters. The molecule has 2 nitrogen and oxygen atoms in total. The van der Waals surface area contributed by atoms with E-state index in [-0.39, 0.29) is 6.04 Å². The topological polar surface area (TPSA) is 38.0 Å². The Balaban J connectivity index is 1.71. The summed E-state index contributed by atoms with van der Waals surface area (Å²) >= 11 is 0. The van der Waals surface area contributed by atoms with Gasteiger partial charge in [0.25, 0.3) is 0 Å². The van der Waals surface area contributed by atoms with Gasteiger partial charge in [0.15, 0.2) is 0 Å². The average Bonchev–Trinajstić information content (AvgIpc) is 2.71. The van der Waals surface area contributed by atoms with Crippen LogP contribution in [0.1, 0.15) is 62.7 Å². The lowest BCUT2D eigenvalue weighted by Crippen LogP contribution is -2.40. The van der Waals surface area contributed by atoms with Gasteiger partial charge in [-0.15, -0.1) is 0 Å². The minimum atomic E-state index is 0.214. The van der Waals surface area contributed by atoms with E-state index in [2.05, 4.69) is 43.4 Å². The molecule has 0 radical (unpaired) electrons. The van der Waals surface area contributed by atoms with Crippen LogP contribution < -0.4 is 11.1 Å². The average molecular weight is 258 g/mol. The highest BCUT2D eigenvalue weighted by molar-refractivity contribution is 5.37. The van der Waals surface area contributed by atoms with E-state index in [1.807, 2.05) is 0 Å². The van der Waals surface area contributed by atoms with Crippen molar-refractivity contribution in [2.45, 2.75) is 57.7 Å². The third kappa shape index (κ3) is 2.56. The number of hydrogen-bond donors (Lipinski definition) is 2. The van der Waals surface area contributed by atoms with Gasteiger partial charge in [0.05, 0.1) is 0 Å². The molecule has 0 aromatic heterocycles. The summed E-state index contributed by atoms with van der Waals surface area (Å²) in [6.07, 6.45) is 5.09. The van der Waals surface area contributed by atoms with E-state index in [9.17, 15) is 0 Å². The highest BCUT2D eigenvalue weighted by Gasteiger charge is 2.32. The number of nitrogens with one attached hydrogen (secondary N) is 1. The first kappa shape index (κ1) is 13.1. The first-order valence-electron chi connectivity index (χ1n) is 7.75. The van der Waals surface area contributed by atoms with Crippen molar-refractivity contribution < 1.29 is 0 Å². The summed E-state index contributed by atoms with van der Waals surface area (Å²) in [5.74, 6) is 1.68. The molecule has 3 rings (SSSR count). The maximum Gasteiger partial charge on any atom is 0.0344 e. The van der Waals surface area contributed by atoms with Crippen molar-refractivity contribution in [3.05, 3.63) is 35.4 Å². The molecule has 0 amide bonds. The SMILES string of the molecule is CC1CCC(NC2CC(N)c3ccccc32)C(C)C1. The Morgan fingerprint density at radius 1 is 1.05 bits per heavy atom. The van der Waals surface area contributed by atoms with Gasteiger partial charge in [0.2, 0.25) is 0 Å². The molecule has 19 heavy (non-hydrogen) atoms. The molecular formula is C17H26N2. The van der Waals surface area contributed by atoms with Gasteiger partial charge in [0.1, 0.15) is 0 Å². The van der Waals surface area contributed by atoms with E-state index in [1.165, 1.54) is 30.4 Å². The molecule has 0 bridgehead atoms. The number of rotatable bonds is 2. The van der Waals surface area contributed by atoms with Crippen LogP contribution >= 0.6 is 0 Å². The molecule has 1 aromatic rings. The predicted octanol–water partition coefficient (Wildman–Crippen LogP) is 3.55. The van der Waals surface area contributed by atoms with Crippen LogP contribution in [-0.2, 0) is 0 Å². The molecule has 0 aliphatic heterocycles. The van der Waals surface area contributed by atoms with Crippen molar-refractivity contribution in [1.82, 2.24) is 5.32 Å². The summed E-state index contributed by atoms with van der Waals surface area (Å²) in [7, 11) is 0. The summed E-state index contributed by atoms with van der Waals surface area (Å²) in [5.41, 5.74) is 9.03. The minimum Gasteiger partial charge on any atom is -0.324 e. The van der Waals surface area contributed by atoms with Crippen molar-refractivity contribution in [2.75, 3.05) is 0 Å². The zero-order chi connectivity index (χ0) is 13.4. The van der Waals surface area contributed by atoms with Crippen LogP contribution in [-0.4, -0.2) is 6.04 Å². The standard InChI is InChI=1S/C17H26N2/c1-11-7-8-16(12(2)9-11)19-17-10-15(18)13-5-3-4-6-14(13)17/h3-6,11-12,15-17,19H,7-10,18H2,1-2H3. The smallest absolute Gasteiger partial charge is 0.0344 e. The molecule has 1 aromatic carbocycles. The van der Waals surface area contributed by atoms with Crippen LogP contribution in [0.4, 0.5) is 0 Å². The number of nitrogens with two attached hydrogens (primary N) is 1. The van der Waals surface area contributed by atoms with Gasteiger partial charge in [-0.2, -0.15) is 0 Å². The third-order valence-electron chi connectivity index (χ3n) is 5.11. The van der Waals surface area contributed by atoms with Gasteiger partial charge >= 0.3 is 0 Å². The first-order chi connectivity index (χ1) is 9.15. The molecule has 1 saturated carbocycles. The van der Waals surface area contributed by atoms with Gasteiger partial charge in [-0.1, -0.05) is 38.1 Å². The molecule has 2 aliphatic carbocycles. The number of hydrogen-bond acceptors (Lipinski definition) is 2. The largest absolute Gasteiger partial charge is 0.324 e. The van der Waals surface area contributed by atoms with E-state index in [1.54, 1.807) is 0 Å². The van der Waals surface area contributed by atoms with Crippen LogP contribution in [0.25, 0.3) is 0 Å². The fourth-order valence-electron chi connectivity index (χ4n) is 4.00. The molecule has 3 N–H and O–H groups in total. The lowest BCUT2D eigenvalue weighted by molar-refractivity contribution is 0.212. The zero-order valence-electron chi connectivity index (χ0n) is 12.1. The maximum absolute atomic E-state index is 6.26. The van der Waals surface area contributed by atoms with E-state index >= 15 is 0 Å². The quantitative estimate of drug-likeness (QED) is 0.851. The van der Waals surface area contributed by atoms with Crippen molar-refractivity contribution >= 4 is 0 Å². The Morgan fingerprint density at radius 2 is 1.79 bits per heavy atom. The van der Waals surface area contributed by atoms with Crippen LogP contribution in [0, 0.1) is 11.8 Å². The zero-order valence-corrected chi connectivity index (χ0v) is 12.1. The van der Waals surface area contributed by atoms with Crippen LogP contribution in [0.5, 0.6) is 0 Å². The molecule has 0 heterocycles. The van der Waals surface area contributed by atoms with E-state index in [0.29, 0.717) is 12.1 Å². The van der Waals surface area contributed by atoms with E-state index in [0.717, 1.165) is 18.3 Å². The second-order valence-corrected chi connectivity index (χ2v) is 6.69. The van der Waals surface area contributed by atoms with Crippen LogP contribution in [0.2, 0.25) is 0 Å². The van der Waals surface area contributed by atoms with Gasteiger partial charge < -0.3 is 11.1 Å². The lowest BCUT2D eigenvalue weighted by atomic mass is 9.79. The summed E-state index contributed by atoms with van der Waals surface area (Å²) in [6, 6.07) is 10.0. The second kappa shape index (κ2) is 5.26. The monoisotopic (exact) mass is 258 g/mol. The highest BCUT2D eigenvalue weighted by Crippen LogP contribution is 2.39. The maximum atomic E-state index is 6.26. The summed E-state index contributed by atoms with van der Waals surface area (Å²) in [4.78, 5) is 0. The third-order valence-corrected chi connectivity index (χ3v) is 5.11. The normalized spacial score (nSPS) is 38.2. The summed E-state index contributed by atoms with van der Waals surface area (Å²) in [6.45, 7) is 4.78. The Bertz CT molecular complexity index is 443. The van der Waals surface area contributed by atoms with Crippen molar-refractivity contribution in [3.63, 3.8) is 0 Å². The van der Waals surface area contributed by atoms with E-state index < -0.39 is 0 Å². The Labute approximate surface area is 116 Å².